The molecule has 0 amide bonds. The Morgan fingerprint density at radius 3 is 2.29 bits per heavy atom. The van der Waals surface area contributed by atoms with Crippen LogP contribution in [0.3, 0.4) is 0 Å². The summed E-state index contributed by atoms with van der Waals surface area (Å²) in [6, 6.07) is 1.95. The monoisotopic (exact) mass is 241 g/mol. The summed E-state index contributed by atoms with van der Waals surface area (Å²) in [6.07, 6.45) is 3.34. The molecule has 0 fully saturated rings. The van der Waals surface area contributed by atoms with Crippen LogP contribution in [0.15, 0.2) is 24.5 Å². The minimum atomic E-state index is -1.44. The molecule has 2 rings (SSSR count). The molecule has 2 N–H and O–H groups in total. The van der Waals surface area contributed by atoms with Crippen molar-refractivity contribution in [2.24, 2.45) is 0 Å². The second-order valence-electron chi connectivity index (χ2n) is 3.58. The molecule has 0 saturated heterocycles. The van der Waals surface area contributed by atoms with E-state index in [1.54, 1.807) is 12.4 Å². The summed E-state index contributed by atoms with van der Waals surface area (Å²) < 4.78 is 38.4. The van der Waals surface area contributed by atoms with Crippen LogP contribution in [-0.2, 0) is 13.1 Å². The number of nitrogens with zero attached hydrogens (tertiary/aromatic N) is 1. The van der Waals surface area contributed by atoms with Gasteiger partial charge >= 0.3 is 0 Å². The maximum absolute atomic E-state index is 12.9. The molecule has 0 radical (unpaired) electrons. The predicted molar refractivity (Wildman–Crippen MR) is 55.4 cm³/mol. The molecular weight excluding hydrogens is 231 g/mol. The molecule has 6 heteroatoms. The van der Waals surface area contributed by atoms with E-state index < -0.39 is 17.5 Å². The van der Waals surface area contributed by atoms with Gasteiger partial charge < -0.3 is 5.32 Å². The lowest BCUT2D eigenvalue weighted by Gasteiger charge is -2.04. The zero-order valence-corrected chi connectivity index (χ0v) is 8.80. The highest BCUT2D eigenvalue weighted by Gasteiger charge is 2.09. The maximum atomic E-state index is 12.9. The smallest absolute Gasteiger partial charge is 0.194 e. The lowest BCUT2D eigenvalue weighted by molar-refractivity contribution is 0.444. The van der Waals surface area contributed by atoms with Gasteiger partial charge in [-0.25, -0.2) is 13.2 Å². The molecule has 0 aliphatic heterocycles. The van der Waals surface area contributed by atoms with Crippen molar-refractivity contribution in [2.45, 2.75) is 13.1 Å². The predicted octanol–water partition coefficient (Wildman–Crippen LogP) is 2.12. The Bertz CT molecular complexity index is 474. The summed E-state index contributed by atoms with van der Waals surface area (Å²) in [5.74, 6) is -3.79. The fourth-order valence-corrected chi connectivity index (χ4v) is 1.44. The van der Waals surface area contributed by atoms with E-state index in [-0.39, 0.29) is 6.54 Å². The molecule has 2 aromatic rings. The van der Waals surface area contributed by atoms with Gasteiger partial charge in [0.15, 0.2) is 17.5 Å². The lowest BCUT2D eigenvalue weighted by atomic mass is 10.2. The summed E-state index contributed by atoms with van der Waals surface area (Å²) in [4.78, 5) is 0. The molecule has 0 saturated carbocycles. The van der Waals surface area contributed by atoms with Crippen LogP contribution in [0.1, 0.15) is 11.1 Å². The molecule has 0 atom stereocenters. The van der Waals surface area contributed by atoms with E-state index in [9.17, 15) is 13.2 Å². The maximum Gasteiger partial charge on any atom is 0.194 e. The van der Waals surface area contributed by atoms with Gasteiger partial charge in [0, 0.05) is 24.8 Å². The average Bonchev–Trinajstić information content (AvgIpc) is 2.79. The van der Waals surface area contributed by atoms with Crippen molar-refractivity contribution in [1.82, 2.24) is 15.5 Å². The Labute approximate surface area is 95.7 Å². The summed E-state index contributed by atoms with van der Waals surface area (Å²) in [6.45, 7) is 0.760. The van der Waals surface area contributed by atoms with E-state index >= 15 is 0 Å². The van der Waals surface area contributed by atoms with Crippen molar-refractivity contribution in [3.8, 4) is 0 Å². The summed E-state index contributed by atoms with van der Waals surface area (Å²) in [7, 11) is 0. The van der Waals surface area contributed by atoms with Crippen molar-refractivity contribution in [2.75, 3.05) is 0 Å². The van der Waals surface area contributed by atoms with Gasteiger partial charge in [-0.15, -0.1) is 0 Å². The Kier molecular flexibility index (Phi) is 3.43. The van der Waals surface area contributed by atoms with Gasteiger partial charge in [-0.1, -0.05) is 0 Å². The van der Waals surface area contributed by atoms with Crippen LogP contribution in [0, 0.1) is 17.5 Å². The number of H-pyrrole nitrogens is 1. The van der Waals surface area contributed by atoms with E-state index in [4.69, 9.17) is 0 Å². The molecule has 0 spiro atoms. The molecule has 1 heterocycles. The van der Waals surface area contributed by atoms with Crippen LogP contribution in [0.5, 0.6) is 0 Å². The lowest BCUT2D eigenvalue weighted by Crippen LogP contribution is -2.13. The molecule has 1 aromatic heterocycles. The summed E-state index contributed by atoms with van der Waals surface area (Å²) in [5, 5.41) is 9.36. The van der Waals surface area contributed by atoms with Gasteiger partial charge in [0.05, 0.1) is 6.20 Å². The fraction of sp³-hybridized carbons (Fsp3) is 0.182. The first kappa shape index (κ1) is 11.7. The molecule has 0 aliphatic carbocycles. The molecule has 0 aliphatic rings. The number of rotatable bonds is 4. The zero-order valence-electron chi connectivity index (χ0n) is 8.80. The van der Waals surface area contributed by atoms with E-state index in [0.717, 1.165) is 17.7 Å². The molecule has 0 bridgehead atoms. The first-order chi connectivity index (χ1) is 8.16. The first-order valence-electron chi connectivity index (χ1n) is 4.98. The van der Waals surface area contributed by atoms with Crippen molar-refractivity contribution in [1.29, 1.82) is 0 Å². The Morgan fingerprint density at radius 2 is 1.71 bits per heavy atom. The molecule has 3 nitrogen and oxygen atoms in total. The fourth-order valence-electron chi connectivity index (χ4n) is 1.44. The normalized spacial score (nSPS) is 10.8. The van der Waals surface area contributed by atoms with Crippen LogP contribution < -0.4 is 5.32 Å². The van der Waals surface area contributed by atoms with E-state index in [1.165, 1.54) is 0 Å². The highest BCUT2D eigenvalue weighted by Crippen LogP contribution is 2.13. The SMILES string of the molecule is Fc1cc(CNCc2cn[nH]c2)cc(F)c1F. The highest BCUT2D eigenvalue weighted by molar-refractivity contribution is 5.19. The van der Waals surface area contributed by atoms with Gasteiger partial charge in [-0.3, -0.25) is 5.10 Å². The van der Waals surface area contributed by atoms with Gasteiger partial charge in [0.2, 0.25) is 0 Å². The number of halogens is 3. The van der Waals surface area contributed by atoms with Gasteiger partial charge in [-0.2, -0.15) is 5.10 Å². The molecular formula is C11H10F3N3. The first-order valence-corrected chi connectivity index (χ1v) is 4.98. The van der Waals surface area contributed by atoms with Crippen LogP contribution in [0.4, 0.5) is 13.2 Å². The zero-order chi connectivity index (χ0) is 12.3. The molecule has 90 valence electrons. The molecule has 0 unspecified atom stereocenters. The van der Waals surface area contributed by atoms with Gasteiger partial charge in [-0.05, 0) is 17.7 Å². The van der Waals surface area contributed by atoms with Crippen LogP contribution in [-0.4, -0.2) is 10.2 Å². The van der Waals surface area contributed by atoms with Crippen LogP contribution in [0.25, 0.3) is 0 Å². The number of aromatic amines is 1. The highest BCUT2D eigenvalue weighted by atomic mass is 19.2. The minimum absolute atomic E-state index is 0.249. The summed E-state index contributed by atoms with van der Waals surface area (Å²) >= 11 is 0. The summed E-state index contributed by atoms with van der Waals surface area (Å²) in [5.41, 5.74) is 1.28. The third-order valence-electron chi connectivity index (χ3n) is 2.26. The van der Waals surface area contributed by atoms with E-state index in [0.29, 0.717) is 12.1 Å². The second kappa shape index (κ2) is 5.01. The van der Waals surface area contributed by atoms with E-state index in [2.05, 4.69) is 15.5 Å². The largest absolute Gasteiger partial charge is 0.308 e. The van der Waals surface area contributed by atoms with Crippen LogP contribution in [0.2, 0.25) is 0 Å². The second-order valence-corrected chi connectivity index (χ2v) is 3.58. The standard InChI is InChI=1S/C11H10F3N3/c12-9-1-7(2-10(13)11(9)14)3-15-4-8-5-16-17-6-8/h1-2,5-6,15H,3-4H2,(H,16,17). The minimum Gasteiger partial charge on any atom is -0.308 e. The number of hydrogen-bond acceptors (Lipinski definition) is 2. The van der Waals surface area contributed by atoms with Crippen LogP contribution >= 0.6 is 0 Å². The number of benzene rings is 1. The molecule has 1 aromatic carbocycles. The van der Waals surface area contributed by atoms with Crippen molar-refractivity contribution >= 4 is 0 Å². The third kappa shape index (κ3) is 2.85. The quantitative estimate of drug-likeness (QED) is 0.805. The van der Waals surface area contributed by atoms with Gasteiger partial charge in [0.25, 0.3) is 0 Å². The number of aromatic nitrogens is 2. The van der Waals surface area contributed by atoms with Crippen molar-refractivity contribution in [3.63, 3.8) is 0 Å². The Hall–Kier alpha value is -1.82. The Morgan fingerprint density at radius 1 is 1.06 bits per heavy atom. The topological polar surface area (TPSA) is 40.7 Å². The van der Waals surface area contributed by atoms with Crippen molar-refractivity contribution in [3.05, 3.63) is 53.1 Å². The molecule has 17 heavy (non-hydrogen) atoms. The number of nitrogens with one attached hydrogen (secondary N) is 2. The van der Waals surface area contributed by atoms with Gasteiger partial charge in [0.1, 0.15) is 0 Å². The van der Waals surface area contributed by atoms with E-state index in [1.807, 2.05) is 0 Å². The van der Waals surface area contributed by atoms with Crippen molar-refractivity contribution < 1.29 is 13.2 Å². The third-order valence-corrected chi connectivity index (χ3v) is 2.26. The Balaban J connectivity index is 1.95. The average molecular weight is 241 g/mol. The number of hydrogen-bond donors (Lipinski definition) is 2.